The van der Waals surface area contributed by atoms with Gasteiger partial charge in [0.15, 0.2) is 5.69 Å². The number of hydrogen-bond donors (Lipinski definition) is 3. The van der Waals surface area contributed by atoms with Gasteiger partial charge in [-0.1, -0.05) is 12.1 Å². The Kier molecular flexibility index (Phi) is 3.13. The highest BCUT2D eigenvalue weighted by molar-refractivity contribution is 5.95. The first-order chi connectivity index (χ1) is 10.4. The van der Waals surface area contributed by atoms with Crippen LogP contribution in [-0.2, 0) is 4.79 Å². The number of para-hydroxylation sites is 2. The molecule has 3 rings (SSSR count). The van der Waals surface area contributed by atoms with Gasteiger partial charge in [-0.3, -0.25) is 9.59 Å². The molecule has 3 aromatic rings. The van der Waals surface area contributed by atoms with Crippen LogP contribution in [0.15, 0.2) is 30.3 Å². The first-order valence-electron chi connectivity index (χ1n) is 6.86. The molecule has 2 aromatic heterocycles. The van der Waals surface area contributed by atoms with Crippen molar-refractivity contribution in [3.63, 3.8) is 0 Å². The van der Waals surface area contributed by atoms with Gasteiger partial charge in [0, 0.05) is 11.6 Å². The molecule has 0 atom stereocenters. The van der Waals surface area contributed by atoms with E-state index in [9.17, 15) is 9.59 Å². The third-order valence-electron chi connectivity index (χ3n) is 3.38. The van der Waals surface area contributed by atoms with E-state index in [4.69, 9.17) is 5.11 Å². The van der Waals surface area contributed by atoms with Crippen LogP contribution in [0.2, 0.25) is 0 Å². The molecule has 0 spiro atoms. The largest absolute Gasteiger partial charge is 0.481 e. The maximum absolute atomic E-state index is 12.3. The van der Waals surface area contributed by atoms with E-state index in [0.717, 1.165) is 11.0 Å². The maximum atomic E-state index is 12.3. The number of carbonyl (C=O) groups excluding carboxylic acids is 1. The number of amides is 1. The number of benzene rings is 1. The van der Waals surface area contributed by atoms with Crippen LogP contribution in [0.4, 0.5) is 0 Å². The van der Waals surface area contributed by atoms with Crippen LogP contribution in [0.1, 0.15) is 30.8 Å². The van der Waals surface area contributed by atoms with Crippen LogP contribution in [-0.4, -0.2) is 37.1 Å². The maximum Gasteiger partial charge on any atom is 0.305 e. The third-order valence-corrected chi connectivity index (χ3v) is 3.38. The summed E-state index contributed by atoms with van der Waals surface area (Å²) >= 11 is 0. The van der Waals surface area contributed by atoms with Gasteiger partial charge in [0.05, 0.1) is 17.5 Å². The van der Waals surface area contributed by atoms with Crippen LogP contribution in [0.5, 0.6) is 0 Å². The number of aromatic amines is 1. The monoisotopic (exact) mass is 300 g/mol. The molecule has 0 saturated heterocycles. The summed E-state index contributed by atoms with van der Waals surface area (Å²) < 4.78 is 1.66. The van der Waals surface area contributed by atoms with E-state index in [0.29, 0.717) is 5.65 Å². The molecule has 0 unspecified atom stereocenters. The molecule has 7 heteroatoms. The summed E-state index contributed by atoms with van der Waals surface area (Å²) in [7, 11) is 0. The van der Waals surface area contributed by atoms with E-state index in [1.54, 1.807) is 24.4 Å². The number of aliphatic carboxylic acids is 1. The van der Waals surface area contributed by atoms with E-state index in [1.807, 2.05) is 24.3 Å². The number of carbonyl (C=O) groups is 2. The molecule has 0 aliphatic heterocycles. The van der Waals surface area contributed by atoms with Gasteiger partial charge in [-0.25, -0.2) is 4.52 Å². The lowest BCUT2D eigenvalue weighted by molar-refractivity contribution is -0.138. The summed E-state index contributed by atoms with van der Waals surface area (Å²) in [6, 6.07) is 9.29. The number of nitrogens with one attached hydrogen (secondary N) is 2. The Hall–Kier alpha value is -2.83. The number of aromatic nitrogens is 3. The van der Waals surface area contributed by atoms with Gasteiger partial charge < -0.3 is 15.4 Å². The predicted octanol–water partition coefficient (Wildman–Crippen LogP) is 1.80. The van der Waals surface area contributed by atoms with Gasteiger partial charge in [0.1, 0.15) is 5.65 Å². The van der Waals surface area contributed by atoms with E-state index < -0.39 is 17.4 Å². The van der Waals surface area contributed by atoms with Crippen molar-refractivity contribution in [2.24, 2.45) is 0 Å². The van der Waals surface area contributed by atoms with E-state index >= 15 is 0 Å². The van der Waals surface area contributed by atoms with Gasteiger partial charge in [-0.15, -0.1) is 0 Å². The van der Waals surface area contributed by atoms with Crippen LogP contribution >= 0.6 is 0 Å². The molecular formula is C15H16N4O3. The van der Waals surface area contributed by atoms with E-state index in [2.05, 4.69) is 15.4 Å². The smallest absolute Gasteiger partial charge is 0.305 e. The lowest BCUT2D eigenvalue weighted by Gasteiger charge is -2.23. The van der Waals surface area contributed by atoms with E-state index in [1.165, 1.54) is 0 Å². The second-order valence-electron chi connectivity index (χ2n) is 5.88. The first-order valence-corrected chi connectivity index (χ1v) is 6.86. The first kappa shape index (κ1) is 14.1. The van der Waals surface area contributed by atoms with Gasteiger partial charge >= 0.3 is 5.97 Å². The molecule has 0 saturated carbocycles. The van der Waals surface area contributed by atoms with Crippen LogP contribution in [0.25, 0.3) is 16.7 Å². The Morgan fingerprint density at radius 2 is 2.09 bits per heavy atom. The van der Waals surface area contributed by atoms with Crippen molar-refractivity contribution >= 4 is 28.6 Å². The molecule has 2 heterocycles. The van der Waals surface area contributed by atoms with Crippen molar-refractivity contribution < 1.29 is 14.7 Å². The Morgan fingerprint density at radius 1 is 1.36 bits per heavy atom. The van der Waals surface area contributed by atoms with Crippen molar-refractivity contribution in [3.8, 4) is 0 Å². The van der Waals surface area contributed by atoms with Crippen LogP contribution in [0.3, 0.4) is 0 Å². The van der Waals surface area contributed by atoms with Crippen molar-refractivity contribution in [1.29, 1.82) is 0 Å². The topological polar surface area (TPSA) is 99.5 Å². The fraction of sp³-hybridized carbons (Fsp3) is 0.267. The number of imidazole rings is 1. The minimum Gasteiger partial charge on any atom is -0.481 e. The highest BCUT2D eigenvalue weighted by Crippen LogP contribution is 2.17. The molecule has 1 aromatic carbocycles. The molecule has 0 bridgehead atoms. The number of carboxylic acids is 1. The number of nitrogens with zero attached hydrogens (tertiary/aromatic N) is 2. The molecule has 22 heavy (non-hydrogen) atoms. The fourth-order valence-electron chi connectivity index (χ4n) is 2.46. The standard InChI is InChI=1S/C15H16N4O3/c1-15(2,8-13(20)21)17-14(22)10-7-12-16-9-5-3-4-6-11(9)19(12)18-10/h3-7,16H,8H2,1-2H3,(H,17,22)(H,20,21). The summed E-state index contributed by atoms with van der Waals surface area (Å²) in [6.45, 7) is 3.33. The summed E-state index contributed by atoms with van der Waals surface area (Å²) in [6.07, 6.45) is -0.159. The van der Waals surface area contributed by atoms with Gasteiger partial charge in [-0.05, 0) is 26.0 Å². The average molecular weight is 300 g/mol. The molecule has 0 radical (unpaired) electrons. The third kappa shape index (κ3) is 2.52. The highest BCUT2D eigenvalue weighted by atomic mass is 16.4. The molecule has 3 N–H and O–H groups in total. The summed E-state index contributed by atoms with van der Waals surface area (Å²) in [5.41, 5.74) is 1.92. The second-order valence-corrected chi connectivity index (χ2v) is 5.88. The lowest BCUT2D eigenvalue weighted by Crippen LogP contribution is -2.45. The van der Waals surface area contributed by atoms with Crippen molar-refractivity contribution in [2.45, 2.75) is 25.8 Å². The Bertz CT molecular complexity index is 875. The molecule has 114 valence electrons. The van der Waals surface area contributed by atoms with Crippen molar-refractivity contribution in [2.75, 3.05) is 0 Å². The zero-order chi connectivity index (χ0) is 15.9. The second kappa shape index (κ2) is 4.87. The molecule has 7 nitrogen and oxygen atoms in total. The number of rotatable bonds is 4. The molecule has 0 aliphatic rings. The number of carboxylic acid groups (broad SMARTS) is 1. The zero-order valence-electron chi connectivity index (χ0n) is 12.3. The van der Waals surface area contributed by atoms with Gasteiger partial charge in [0.2, 0.25) is 0 Å². The summed E-state index contributed by atoms with van der Waals surface area (Å²) in [5, 5.41) is 15.8. The summed E-state index contributed by atoms with van der Waals surface area (Å²) in [5.74, 6) is -1.36. The van der Waals surface area contributed by atoms with E-state index in [-0.39, 0.29) is 12.1 Å². The molecule has 0 aliphatic carbocycles. The SMILES string of the molecule is CC(C)(CC(=O)O)NC(=O)c1cc2[nH]c3ccccc3n2n1. The quantitative estimate of drug-likeness (QED) is 0.684. The summed E-state index contributed by atoms with van der Waals surface area (Å²) in [4.78, 5) is 26.2. The Labute approximate surface area is 125 Å². The van der Waals surface area contributed by atoms with Crippen LogP contribution < -0.4 is 5.32 Å². The predicted molar refractivity (Wildman–Crippen MR) is 80.8 cm³/mol. The number of hydrogen-bond acceptors (Lipinski definition) is 3. The Balaban J connectivity index is 1.90. The van der Waals surface area contributed by atoms with Crippen molar-refractivity contribution in [3.05, 3.63) is 36.0 Å². The fourth-order valence-corrected chi connectivity index (χ4v) is 2.46. The molecular weight excluding hydrogens is 284 g/mol. The van der Waals surface area contributed by atoms with Gasteiger partial charge in [-0.2, -0.15) is 5.10 Å². The number of H-pyrrole nitrogens is 1. The minimum atomic E-state index is -0.965. The normalized spacial score (nSPS) is 11.9. The average Bonchev–Trinajstić information content (AvgIpc) is 2.93. The number of fused-ring (bicyclic) bond motifs is 3. The molecule has 1 amide bonds. The zero-order valence-corrected chi connectivity index (χ0v) is 12.3. The van der Waals surface area contributed by atoms with Crippen molar-refractivity contribution in [1.82, 2.24) is 19.9 Å². The highest BCUT2D eigenvalue weighted by Gasteiger charge is 2.25. The Morgan fingerprint density at radius 3 is 2.82 bits per heavy atom. The molecule has 0 fully saturated rings. The van der Waals surface area contributed by atoms with Gasteiger partial charge in [0.25, 0.3) is 5.91 Å². The minimum absolute atomic E-state index is 0.159. The lowest BCUT2D eigenvalue weighted by atomic mass is 10.0. The van der Waals surface area contributed by atoms with Crippen LogP contribution in [0, 0.1) is 0 Å².